The highest BCUT2D eigenvalue weighted by Crippen LogP contribution is 2.32. The van der Waals surface area contributed by atoms with E-state index in [1.807, 2.05) is 6.07 Å². The second kappa shape index (κ2) is 5.82. The van der Waals surface area contributed by atoms with Gasteiger partial charge in [-0.25, -0.2) is 8.78 Å². The van der Waals surface area contributed by atoms with Crippen LogP contribution in [0, 0.1) is 11.6 Å². The summed E-state index contributed by atoms with van der Waals surface area (Å²) in [6.45, 7) is 0.286. The first-order chi connectivity index (χ1) is 10.1. The van der Waals surface area contributed by atoms with Crippen molar-refractivity contribution in [1.29, 1.82) is 0 Å². The summed E-state index contributed by atoms with van der Waals surface area (Å²) >= 11 is 0. The Balaban J connectivity index is 1.76. The summed E-state index contributed by atoms with van der Waals surface area (Å²) in [5.41, 5.74) is 2.59. The number of nitrogens with one attached hydrogen (secondary N) is 1. The SMILES string of the molecule is Oc1ccc2c(c1)CCCC2NCc1cc(F)ccc1F. The van der Waals surface area contributed by atoms with Crippen LogP contribution in [0.5, 0.6) is 5.75 Å². The molecule has 21 heavy (non-hydrogen) atoms. The van der Waals surface area contributed by atoms with Crippen LogP contribution in [0.15, 0.2) is 36.4 Å². The van der Waals surface area contributed by atoms with Gasteiger partial charge in [-0.3, -0.25) is 0 Å². The van der Waals surface area contributed by atoms with Gasteiger partial charge in [0.05, 0.1) is 0 Å². The van der Waals surface area contributed by atoms with Crippen LogP contribution in [0.1, 0.15) is 35.6 Å². The molecule has 1 aliphatic carbocycles. The third-order valence-electron chi connectivity index (χ3n) is 3.99. The van der Waals surface area contributed by atoms with Crippen molar-refractivity contribution in [1.82, 2.24) is 5.32 Å². The maximum Gasteiger partial charge on any atom is 0.127 e. The number of hydrogen-bond acceptors (Lipinski definition) is 2. The van der Waals surface area contributed by atoms with E-state index in [1.165, 1.54) is 6.07 Å². The lowest BCUT2D eigenvalue weighted by Gasteiger charge is -2.26. The Morgan fingerprint density at radius 1 is 1.14 bits per heavy atom. The van der Waals surface area contributed by atoms with Crippen molar-refractivity contribution >= 4 is 0 Å². The normalized spacial score (nSPS) is 17.5. The van der Waals surface area contributed by atoms with Crippen molar-refractivity contribution in [2.24, 2.45) is 0 Å². The molecule has 0 saturated heterocycles. The lowest BCUT2D eigenvalue weighted by atomic mass is 9.87. The third kappa shape index (κ3) is 3.05. The quantitative estimate of drug-likeness (QED) is 0.900. The van der Waals surface area contributed by atoms with E-state index >= 15 is 0 Å². The summed E-state index contributed by atoms with van der Waals surface area (Å²) in [5, 5.41) is 12.8. The Morgan fingerprint density at radius 3 is 2.86 bits per heavy atom. The molecule has 3 rings (SSSR count). The van der Waals surface area contributed by atoms with E-state index in [9.17, 15) is 13.9 Å². The van der Waals surface area contributed by atoms with Gasteiger partial charge >= 0.3 is 0 Å². The number of aromatic hydroxyl groups is 1. The molecular weight excluding hydrogens is 272 g/mol. The van der Waals surface area contributed by atoms with Crippen molar-refractivity contribution in [3.05, 3.63) is 64.7 Å². The van der Waals surface area contributed by atoms with Crippen molar-refractivity contribution in [3.8, 4) is 5.75 Å². The number of aryl methyl sites for hydroxylation is 1. The topological polar surface area (TPSA) is 32.3 Å². The average Bonchev–Trinajstić information content (AvgIpc) is 2.47. The molecule has 1 aliphatic rings. The van der Waals surface area contributed by atoms with E-state index < -0.39 is 11.6 Å². The molecule has 0 bridgehead atoms. The molecule has 2 aromatic rings. The molecule has 0 spiro atoms. The number of phenolic OH excluding ortho intramolecular Hbond substituents is 1. The Kier molecular flexibility index (Phi) is 3.88. The number of phenols is 1. The fourth-order valence-corrected chi connectivity index (χ4v) is 2.92. The second-order valence-electron chi connectivity index (χ2n) is 5.44. The van der Waals surface area contributed by atoms with Crippen LogP contribution in [-0.2, 0) is 13.0 Å². The van der Waals surface area contributed by atoms with Crippen LogP contribution in [-0.4, -0.2) is 5.11 Å². The van der Waals surface area contributed by atoms with Crippen molar-refractivity contribution in [2.45, 2.75) is 31.8 Å². The number of hydrogen-bond donors (Lipinski definition) is 2. The molecular formula is C17H17F2NO. The molecule has 0 amide bonds. The van der Waals surface area contributed by atoms with Gasteiger partial charge in [0, 0.05) is 18.2 Å². The van der Waals surface area contributed by atoms with Crippen molar-refractivity contribution in [2.75, 3.05) is 0 Å². The van der Waals surface area contributed by atoms with Gasteiger partial charge in [-0.2, -0.15) is 0 Å². The van der Waals surface area contributed by atoms with Gasteiger partial charge in [-0.1, -0.05) is 6.07 Å². The average molecular weight is 289 g/mol. The van der Waals surface area contributed by atoms with E-state index in [-0.39, 0.29) is 18.3 Å². The van der Waals surface area contributed by atoms with Gasteiger partial charge in [0.15, 0.2) is 0 Å². The Morgan fingerprint density at radius 2 is 2.00 bits per heavy atom. The summed E-state index contributed by atoms with van der Waals surface area (Å²) in [4.78, 5) is 0. The van der Waals surface area contributed by atoms with E-state index in [0.717, 1.165) is 42.5 Å². The second-order valence-corrected chi connectivity index (χ2v) is 5.44. The van der Waals surface area contributed by atoms with E-state index in [4.69, 9.17) is 0 Å². The minimum atomic E-state index is -0.429. The summed E-state index contributed by atoms with van der Waals surface area (Å²) < 4.78 is 26.8. The molecule has 1 unspecified atom stereocenters. The number of rotatable bonds is 3. The predicted octanol–water partition coefficient (Wildman–Crippen LogP) is 3.84. The highest BCUT2D eigenvalue weighted by atomic mass is 19.1. The predicted molar refractivity (Wildman–Crippen MR) is 77.0 cm³/mol. The van der Waals surface area contributed by atoms with Crippen LogP contribution >= 0.6 is 0 Å². The Labute approximate surface area is 122 Å². The maximum atomic E-state index is 13.6. The molecule has 0 aliphatic heterocycles. The number of benzene rings is 2. The molecule has 0 saturated carbocycles. The standard InChI is InChI=1S/C17H17F2NO/c18-13-4-7-16(19)12(8-13)10-20-17-3-1-2-11-9-14(21)5-6-15(11)17/h4-9,17,20-21H,1-3,10H2. The monoisotopic (exact) mass is 289 g/mol. The smallest absolute Gasteiger partial charge is 0.127 e. The first-order valence-corrected chi connectivity index (χ1v) is 7.12. The fraction of sp³-hybridized carbons (Fsp3) is 0.294. The molecule has 2 N–H and O–H groups in total. The van der Waals surface area contributed by atoms with Crippen LogP contribution < -0.4 is 5.32 Å². The van der Waals surface area contributed by atoms with Crippen LogP contribution in [0.2, 0.25) is 0 Å². The molecule has 2 aromatic carbocycles. The minimum absolute atomic E-state index is 0.108. The van der Waals surface area contributed by atoms with Crippen molar-refractivity contribution < 1.29 is 13.9 Å². The number of halogens is 2. The first kappa shape index (κ1) is 14.0. The summed E-state index contributed by atoms with van der Waals surface area (Å²) in [5.74, 6) is -0.557. The lowest BCUT2D eigenvalue weighted by Crippen LogP contribution is -2.25. The van der Waals surface area contributed by atoms with Crippen LogP contribution in [0.25, 0.3) is 0 Å². The summed E-state index contributed by atoms with van der Waals surface area (Å²) in [6, 6.07) is 8.97. The van der Waals surface area contributed by atoms with E-state index in [2.05, 4.69) is 5.32 Å². The molecule has 0 heterocycles. The molecule has 4 heteroatoms. The minimum Gasteiger partial charge on any atom is -0.508 e. The molecule has 0 fully saturated rings. The molecule has 110 valence electrons. The Bertz CT molecular complexity index is 657. The highest BCUT2D eigenvalue weighted by Gasteiger charge is 2.20. The van der Waals surface area contributed by atoms with Gasteiger partial charge in [-0.05, 0) is 60.7 Å². The molecule has 1 atom stereocenters. The third-order valence-corrected chi connectivity index (χ3v) is 3.99. The van der Waals surface area contributed by atoms with E-state index in [1.54, 1.807) is 12.1 Å². The fourth-order valence-electron chi connectivity index (χ4n) is 2.92. The summed E-state index contributed by atoms with van der Waals surface area (Å²) in [7, 11) is 0. The number of fused-ring (bicyclic) bond motifs is 1. The van der Waals surface area contributed by atoms with Gasteiger partial charge in [0.1, 0.15) is 17.4 Å². The molecule has 2 nitrogen and oxygen atoms in total. The zero-order valence-corrected chi connectivity index (χ0v) is 11.6. The van der Waals surface area contributed by atoms with Crippen LogP contribution in [0.4, 0.5) is 8.78 Å². The van der Waals surface area contributed by atoms with Crippen LogP contribution in [0.3, 0.4) is 0 Å². The molecule has 0 aromatic heterocycles. The zero-order chi connectivity index (χ0) is 14.8. The van der Waals surface area contributed by atoms with E-state index in [0.29, 0.717) is 5.56 Å². The molecule has 0 radical (unpaired) electrons. The van der Waals surface area contributed by atoms with Gasteiger partial charge in [0.2, 0.25) is 0 Å². The van der Waals surface area contributed by atoms with Gasteiger partial charge in [-0.15, -0.1) is 0 Å². The van der Waals surface area contributed by atoms with Gasteiger partial charge in [0.25, 0.3) is 0 Å². The highest BCUT2D eigenvalue weighted by molar-refractivity contribution is 5.38. The Hall–Kier alpha value is -1.94. The summed E-state index contributed by atoms with van der Waals surface area (Å²) in [6.07, 6.45) is 2.91. The zero-order valence-electron chi connectivity index (χ0n) is 11.6. The maximum absolute atomic E-state index is 13.6. The van der Waals surface area contributed by atoms with Crippen molar-refractivity contribution in [3.63, 3.8) is 0 Å². The first-order valence-electron chi connectivity index (χ1n) is 7.12. The largest absolute Gasteiger partial charge is 0.508 e. The van der Waals surface area contributed by atoms with Gasteiger partial charge < -0.3 is 10.4 Å². The lowest BCUT2D eigenvalue weighted by molar-refractivity contribution is 0.444.